The molecule has 0 saturated heterocycles. The van der Waals surface area contributed by atoms with Gasteiger partial charge in [0.2, 0.25) is 0 Å². The molecule has 2 aromatic rings. The molecule has 0 amide bonds. The van der Waals surface area contributed by atoms with Crippen LogP contribution in [-0.2, 0) is 4.79 Å². The number of rotatable bonds is 7. The molecule has 0 aliphatic heterocycles. The summed E-state index contributed by atoms with van der Waals surface area (Å²) in [5.74, 6) is -0.614. The van der Waals surface area contributed by atoms with Gasteiger partial charge in [-0.05, 0) is 25.1 Å². The van der Waals surface area contributed by atoms with Crippen molar-refractivity contribution in [1.82, 2.24) is 0 Å². The molecule has 2 aromatic carbocycles. The second-order valence-corrected chi connectivity index (χ2v) is 5.54. The van der Waals surface area contributed by atoms with E-state index in [1.54, 1.807) is 0 Å². The zero-order valence-corrected chi connectivity index (χ0v) is 16.4. The van der Waals surface area contributed by atoms with Crippen molar-refractivity contribution in [1.29, 1.82) is 0 Å². The lowest BCUT2D eigenvalue weighted by molar-refractivity contribution is -0.131. The van der Waals surface area contributed by atoms with E-state index in [4.69, 9.17) is 36.0 Å². The first kappa shape index (κ1) is 22.9. The second kappa shape index (κ2) is 11.5. The van der Waals surface area contributed by atoms with E-state index >= 15 is 0 Å². The zero-order valence-electron chi connectivity index (χ0n) is 15.6. The van der Waals surface area contributed by atoms with Crippen LogP contribution in [0, 0.1) is 0 Å². The van der Waals surface area contributed by atoms with E-state index in [-0.39, 0.29) is 10.6 Å². The van der Waals surface area contributed by atoms with E-state index in [2.05, 4.69) is 0 Å². The van der Waals surface area contributed by atoms with Gasteiger partial charge < -0.3 is 24.4 Å². The van der Waals surface area contributed by atoms with Gasteiger partial charge >= 0.3 is 11.9 Å². The lowest BCUT2D eigenvalue weighted by Gasteiger charge is -2.09. The van der Waals surface area contributed by atoms with Crippen molar-refractivity contribution in [3.05, 3.63) is 58.6 Å². The normalized spacial score (nSPS) is 10.0. The van der Waals surface area contributed by atoms with Crippen LogP contribution in [-0.4, -0.2) is 43.0 Å². The van der Waals surface area contributed by atoms with E-state index in [1.165, 1.54) is 32.4 Å². The maximum absolute atomic E-state index is 10.7. The van der Waals surface area contributed by atoms with Crippen LogP contribution in [0.5, 0.6) is 17.2 Å². The number of para-hydroxylation sites is 1. The van der Waals surface area contributed by atoms with Gasteiger partial charge in [0.15, 0.2) is 11.5 Å². The first-order valence-electron chi connectivity index (χ1n) is 8.11. The molecule has 0 aromatic heterocycles. The van der Waals surface area contributed by atoms with Crippen LogP contribution < -0.4 is 14.2 Å². The van der Waals surface area contributed by atoms with Gasteiger partial charge in [-0.3, -0.25) is 0 Å². The molecule has 8 heteroatoms. The Bertz CT molecular complexity index is 846. The molecule has 0 bridgehead atoms. The highest BCUT2D eigenvalue weighted by Crippen LogP contribution is 2.32. The zero-order chi connectivity index (χ0) is 21.1. The van der Waals surface area contributed by atoms with E-state index in [0.717, 1.165) is 11.6 Å². The summed E-state index contributed by atoms with van der Waals surface area (Å²) < 4.78 is 15.2. The fraction of sp³-hybridized carbons (Fsp3) is 0.200. The minimum atomic E-state index is -1.10. The van der Waals surface area contributed by atoms with E-state index in [0.29, 0.717) is 23.9 Å². The largest absolute Gasteiger partial charge is 0.493 e. The van der Waals surface area contributed by atoms with Gasteiger partial charge in [-0.15, -0.1) is 0 Å². The number of aromatic carboxylic acids is 1. The predicted molar refractivity (Wildman–Crippen MR) is 106 cm³/mol. The molecule has 0 aliphatic carbocycles. The van der Waals surface area contributed by atoms with E-state index in [9.17, 15) is 9.59 Å². The maximum atomic E-state index is 10.7. The summed E-state index contributed by atoms with van der Waals surface area (Å²) in [6, 6.07) is 10.0. The molecule has 0 fully saturated rings. The average molecular weight is 409 g/mol. The fourth-order valence-electron chi connectivity index (χ4n) is 2.08. The highest BCUT2D eigenvalue weighted by atomic mass is 35.5. The Morgan fingerprint density at radius 3 is 2.18 bits per heavy atom. The van der Waals surface area contributed by atoms with Crippen molar-refractivity contribution >= 4 is 29.6 Å². The number of hydrogen-bond donors (Lipinski definition) is 2. The number of methoxy groups -OCH3 is 2. The molecule has 0 unspecified atom stereocenters. The van der Waals surface area contributed by atoms with Crippen LogP contribution in [0.3, 0.4) is 0 Å². The van der Waals surface area contributed by atoms with Gasteiger partial charge in [-0.25, -0.2) is 9.59 Å². The third-order valence-electron chi connectivity index (χ3n) is 3.33. The third kappa shape index (κ3) is 6.85. The summed E-state index contributed by atoms with van der Waals surface area (Å²) in [4.78, 5) is 21.0. The smallest absolute Gasteiger partial charge is 0.337 e. The van der Waals surface area contributed by atoms with Crippen LogP contribution in [0.25, 0.3) is 6.08 Å². The lowest BCUT2D eigenvalue weighted by atomic mass is 10.2. The molecule has 0 aliphatic rings. The Morgan fingerprint density at radius 1 is 1.04 bits per heavy atom. The van der Waals surface area contributed by atoms with Crippen LogP contribution in [0.15, 0.2) is 42.5 Å². The highest BCUT2D eigenvalue weighted by molar-refractivity contribution is 6.33. The molecule has 0 saturated carbocycles. The SMILES string of the molecule is CCOc1ccccc1C=CC(=O)O.COc1cc(Cl)c(C(=O)O)cc1OC. The van der Waals surface area contributed by atoms with Gasteiger partial charge in [0.25, 0.3) is 0 Å². The van der Waals surface area contributed by atoms with Crippen LogP contribution >= 0.6 is 11.6 Å². The molecular formula is C20H21ClO7. The first-order chi connectivity index (χ1) is 13.3. The maximum Gasteiger partial charge on any atom is 0.337 e. The van der Waals surface area contributed by atoms with Crippen molar-refractivity contribution in [2.75, 3.05) is 20.8 Å². The fourth-order valence-corrected chi connectivity index (χ4v) is 2.32. The Kier molecular flexibility index (Phi) is 9.39. The van der Waals surface area contributed by atoms with E-state index in [1.807, 2.05) is 31.2 Å². The summed E-state index contributed by atoms with van der Waals surface area (Å²) in [6.45, 7) is 2.45. The molecule has 0 spiro atoms. The van der Waals surface area contributed by atoms with E-state index < -0.39 is 11.9 Å². The van der Waals surface area contributed by atoms with Crippen molar-refractivity contribution in [3.63, 3.8) is 0 Å². The number of carbonyl (C=O) groups is 2. The molecule has 2 N–H and O–H groups in total. The number of carboxylic acid groups (broad SMARTS) is 2. The lowest BCUT2D eigenvalue weighted by Crippen LogP contribution is -2.00. The number of ether oxygens (including phenoxy) is 3. The van der Waals surface area contributed by atoms with Gasteiger partial charge in [0, 0.05) is 17.7 Å². The quantitative estimate of drug-likeness (QED) is 0.660. The van der Waals surface area contributed by atoms with Gasteiger partial charge in [0.05, 0.1) is 31.4 Å². The highest BCUT2D eigenvalue weighted by Gasteiger charge is 2.14. The number of halogens is 1. The van der Waals surface area contributed by atoms with Gasteiger partial charge in [-0.2, -0.15) is 0 Å². The first-order valence-corrected chi connectivity index (χ1v) is 8.49. The molecule has 7 nitrogen and oxygen atoms in total. The summed E-state index contributed by atoms with van der Waals surface area (Å²) in [6.07, 6.45) is 2.62. The van der Waals surface area contributed by atoms with Crippen LogP contribution in [0.1, 0.15) is 22.8 Å². The second-order valence-electron chi connectivity index (χ2n) is 5.13. The Balaban J connectivity index is 0.000000280. The Morgan fingerprint density at radius 2 is 1.64 bits per heavy atom. The molecular weight excluding hydrogens is 388 g/mol. The standard InChI is InChI=1S/C11H12O3.C9H9ClO4/c1-2-14-10-6-4-3-5-9(10)7-8-11(12)13;1-13-7-3-5(9(11)12)6(10)4-8(7)14-2/h3-8H,2H2,1H3,(H,12,13);3-4H,1-2H3,(H,11,12). The Labute approximate surface area is 167 Å². The topological polar surface area (TPSA) is 102 Å². The van der Waals surface area contributed by atoms with Crippen molar-refractivity contribution in [2.24, 2.45) is 0 Å². The minimum absolute atomic E-state index is 0.00989. The number of carboxylic acids is 2. The minimum Gasteiger partial charge on any atom is -0.493 e. The molecule has 0 atom stereocenters. The van der Waals surface area contributed by atoms with Crippen LogP contribution in [0.4, 0.5) is 0 Å². The van der Waals surface area contributed by atoms with Crippen molar-refractivity contribution < 1.29 is 34.0 Å². The monoisotopic (exact) mass is 408 g/mol. The van der Waals surface area contributed by atoms with Crippen LogP contribution in [0.2, 0.25) is 5.02 Å². The number of hydrogen-bond acceptors (Lipinski definition) is 5. The van der Waals surface area contributed by atoms with Crippen molar-refractivity contribution in [2.45, 2.75) is 6.92 Å². The Hall–Kier alpha value is -3.19. The molecule has 150 valence electrons. The third-order valence-corrected chi connectivity index (χ3v) is 3.64. The molecule has 0 heterocycles. The van der Waals surface area contributed by atoms with Gasteiger partial charge in [0.1, 0.15) is 5.75 Å². The average Bonchev–Trinajstić information content (AvgIpc) is 2.67. The molecule has 2 rings (SSSR count). The summed E-state index contributed by atoms with van der Waals surface area (Å²) in [7, 11) is 2.88. The van der Waals surface area contributed by atoms with Crippen molar-refractivity contribution in [3.8, 4) is 17.2 Å². The molecule has 28 heavy (non-hydrogen) atoms. The summed E-state index contributed by atoms with van der Waals surface area (Å²) >= 11 is 5.72. The van der Waals surface area contributed by atoms with Gasteiger partial charge in [-0.1, -0.05) is 29.8 Å². The predicted octanol–water partition coefficient (Wildman–Crippen LogP) is 4.24. The molecule has 0 radical (unpaired) electrons. The summed E-state index contributed by atoms with van der Waals surface area (Å²) in [5, 5.41) is 17.4. The number of benzene rings is 2. The number of aliphatic carboxylic acids is 1. The summed E-state index contributed by atoms with van der Waals surface area (Å²) in [5.41, 5.74) is 0.765.